The number of aromatic nitrogens is 1. The second-order valence-corrected chi connectivity index (χ2v) is 7.22. The Labute approximate surface area is 149 Å². The predicted molar refractivity (Wildman–Crippen MR) is 97.9 cm³/mol. The lowest BCUT2D eigenvalue weighted by atomic mass is 9.99. The first-order valence-electron chi connectivity index (χ1n) is 9.18. The van der Waals surface area contributed by atoms with Crippen LogP contribution in [0.4, 0.5) is 0 Å². The van der Waals surface area contributed by atoms with Crippen molar-refractivity contribution in [2.75, 3.05) is 13.7 Å². The first-order valence-corrected chi connectivity index (χ1v) is 9.18. The van der Waals surface area contributed by atoms with E-state index in [4.69, 9.17) is 14.5 Å². The van der Waals surface area contributed by atoms with Crippen LogP contribution in [0.25, 0.3) is 0 Å². The number of hydrogen-bond acceptors (Lipinski definition) is 4. The van der Waals surface area contributed by atoms with Crippen molar-refractivity contribution < 1.29 is 9.47 Å². The van der Waals surface area contributed by atoms with Gasteiger partial charge in [0.25, 0.3) is 0 Å². The fraction of sp³-hybridized carbons (Fsp3) is 0.476. The summed E-state index contributed by atoms with van der Waals surface area (Å²) in [4.78, 5) is 7.32. The highest BCUT2D eigenvalue weighted by Crippen LogP contribution is 2.43. The lowest BCUT2D eigenvalue weighted by molar-refractivity contribution is 0.0856. The quantitative estimate of drug-likeness (QED) is 0.802. The van der Waals surface area contributed by atoms with Crippen molar-refractivity contribution >= 4 is 0 Å². The van der Waals surface area contributed by atoms with E-state index in [1.807, 2.05) is 24.3 Å². The van der Waals surface area contributed by atoms with Gasteiger partial charge in [-0.05, 0) is 68.5 Å². The minimum absolute atomic E-state index is 0.489. The molecule has 1 saturated heterocycles. The van der Waals surface area contributed by atoms with Crippen LogP contribution in [0.1, 0.15) is 30.7 Å². The summed E-state index contributed by atoms with van der Waals surface area (Å²) in [6, 6.07) is 15.4. The molecule has 0 amide bonds. The van der Waals surface area contributed by atoms with Gasteiger partial charge in [0, 0.05) is 24.3 Å². The molecule has 2 unspecified atom stereocenters. The predicted octanol–water partition coefficient (Wildman–Crippen LogP) is 3.83. The lowest BCUT2D eigenvalue weighted by Crippen LogP contribution is -2.43. The number of rotatable bonds is 6. The maximum absolute atomic E-state index is 6.12. The van der Waals surface area contributed by atoms with Gasteiger partial charge in [-0.25, -0.2) is 0 Å². The summed E-state index contributed by atoms with van der Waals surface area (Å²) >= 11 is 0. The number of ether oxygens (including phenoxy) is 2. The van der Waals surface area contributed by atoms with Crippen LogP contribution in [0.2, 0.25) is 0 Å². The molecule has 1 aliphatic carbocycles. The number of aryl methyl sites for hydroxylation is 1. The van der Waals surface area contributed by atoms with Crippen LogP contribution in [-0.4, -0.2) is 35.7 Å². The SMILES string of the molecule is COc1ccc(OC[C@@H]2C3CCC(C3)N2Cc2cccc(C)n2)cc1. The van der Waals surface area contributed by atoms with Crippen molar-refractivity contribution in [3.05, 3.63) is 53.9 Å². The zero-order valence-electron chi connectivity index (χ0n) is 15.0. The summed E-state index contributed by atoms with van der Waals surface area (Å²) in [6.45, 7) is 3.74. The van der Waals surface area contributed by atoms with E-state index in [0.29, 0.717) is 12.1 Å². The van der Waals surface area contributed by atoms with Crippen molar-refractivity contribution in [2.45, 2.75) is 44.8 Å². The zero-order chi connectivity index (χ0) is 17.2. The molecular formula is C21H26N2O2. The average molecular weight is 338 g/mol. The van der Waals surface area contributed by atoms with Crippen LogP contribution < -0.4 is 9.47 Å². The van der Waals surface area contributed by atoms with Crippen molar-refractivity contribution in [1.82, 2.24) is 9.88 Å². The van der Waals surface area contributed by atoms with Gasteiger partial charge in [-0.1, -0.05) is 6.07 Å². The van der Waals surface area contributed by atoms with Gasteiger partial charge in [0.2, 0.25) is 0 Å². The van der Waals surface area contributed by atoms with Gasteiger partial charge in [0.15, 0.2) is 0 Å². The van der Waals surface area contributed by atoms with E-state index in [9.17, 15) is 0 Å². The summed E-state index contributed by atoms with van der Waals surface area (Å²) in [7, 11) is 1.68. The molecule has 4 rings (SSSR count). The highest BCUT2D eigenvalue weighted by Gasteiger charge is 2.45. The van der Waals surface area contributed by atoms with Crippen LogP contribution in [0.5, 0.6) is 11.5 Å². The summed E-state index contributed by atoms with van der Waals surface area (Å²) in [6.07, 6.45) is 3.96. The van der Waals surface area contributed by atoms with Crippen molar-refractivity contribution in [1.29, 1.82) is 0 Å². The third kappa shape index (κ3) is 3.49. The van der Waals surface area contributed by atoms with Gasteiger partial charge in [-0.2, -0.15) is 0 Å². The number of hydrogen-bond donors (Lipinski definition) is 0. The number of piperidine rings is 1. The molecule has 4 nitrogen and oxygen atoms in total. The Morgan fingerprint density at radius 3 is 2.64 bits per heavy atom. The normalized spacial score (nSPS) is 25.3. The molecular weight excluding hydrogens is 312 g/mol. The minimum atomic E-state index is 0.489. The second-order valence-electron chi connectivity index (χ2n) is 7.22. The third-order valence-electron chi connectivity index (χ3n) is 5.66. The zero-order valence-corrected chi connectivity index (χ0v) is 15.0. The third-order valence-corrected chi connectivity index (χ3v) is 5.66. The van der Waals surface area contributed by atoms with Gasteiger partial charge in [0.1, 0.15) is 18.1 Å². The molecule has 1 aliphatic heterocycles. The number of likely N-dealkylation sites (tertiary alicyclic amines) is 1. The highest BCUT2D eigenvalue weighted by atomic mass is 16.5. The molecule has 2 aromatic rings. The van der Waals surface area contributed by atoms with E-state index in [-0.39, 0.29) is 0 Å². The number of methoxy groups -OCH3 is 1. The van der Waals surface area contributed by atoms with Crippen molar-refractivity contribution in [3.8, 4) is 11.5 Å². The van der Waals surface area contributed by atoms with Gasteiger partial charge >= 0.3 is 0 Å². The van der Waals surface area contributed by atoms with Crippen LogP contribution in [0.3, 0.4) is 0 Å². The van der Waals surface area contributed by atoms with E-state index in [1.54, 1.807) is 7.11 Å². The van der Waals surface area contributed by atoms with E-state index in [2.05, 4.69) is 30.0 Å². The molecule has 2 heterocycles. The van der Waals surface area contributed by atoms with E-state index < -0.39 is 0 Å². The molecule has 2 bridgehead atoms. The molecule has 3 atom stereocenters. The molecule has 1 aromatic heterocycles. The summed E-state index contributed by atoms with van der Waals surface area (Å²) in [5.74, 6) is 2.53. The van der Waals surface area contributed by atoms with Gasteiger partial charge < -0.3 is 9.47 Å². The average Bonchev–Trinajstić information content (AvgIpc) is 3.22. The van der Waals surface area contributed by atoms with Gasteiger partial charge in [-0.15, -0.1) is 0 Å². The number of nitrogens with zero attached hydrogens (tertiary/aromatic N) is 2. The Bertz CT molecular complexity index is 716. The van der Waals surface area contributed by atoms with Crippen molar-refractivity contribution in [3.63, 3.8) is 0 Å². The van der Waals surface area contributed by atoms with E-state index in [1.165, 1.54) is 25.0 Å². The molecule has 25 heavy (non-hydrogen) atoms. The maximum atomic E-state index is 6.12. The Balaban J connectivity index is 1.43. The summed E-state index contributed by atoms with van der Waals surface area (Å²) in [5.41, 5.74) is 2.26. The van der Waals surface area contributed by atoms with Crippen LogP contribution in [0, 0.1) is 12.8 Å². The molecule has 132 valence electrons. The second kappa shape index (κ2) is 7.04. The van der Waals surface area contributed by atoms with E-state index >= 15 is 0 Å². The number of fused-ring (bicyclic) bond motifs is 2. The molecule has 4 heteroatoms. The fourth-order valence-electron chi connectivity index (χ4n) is 4.39. The Kier molecular flexibility index (Phi) is 4.62. The van der Waals surface area contributed by atoms with Gasteiger partial charge in [0.05, 0.1) is 12.8 Å². The largest absolute Gasteiger partial charge is 0.497 e. The molecule has 0 radical (unpaired) electrons. The van der Waals surface area contributed by atoms with Crippen molar-refractivity contribution in [2.24, 2.45) is 5.92 Å². The van der Waals surface area contributed by atoms with Crippen LogP contribution >= 0.6 is 0 Å². The minimum Gasteiger partial charge on any atom is -0.497 e. The molecule has 1 aromatic carbocycles. The molecule has 2 fully saturated rings. The first kappa shape index (κ1) is 16.4. The summed E-state index contributed by atoms with van der Waals surface area (Å²) < 4.78 is 11.3. The number of pyridine rings is 1. The fourth-order valence-corrected chi connectivity index (χ4v) is 4.39. The van der Waals surface area contributed by atoms with E-state index in [0.717, 1.165) is 36.3 Å². The molecule has 0 spiro atoms. The smallest absolute Gasteiger partial charge is 0.119 e. The molecule has 1 saturated carbocycles. The molecule has 2 aliphatic rings. The Morgan fingerprint density at radius 1 is 1.08 bits per heavy atom. The van der Waals surface area contributed by atoms with Crippen LogP contribution in [-0.2, 0) is 6.54 Å². The van der Waals surface area contributed by atoms with Crippen LogP contribution in [0.15, 0.2) is 42.5 Å². The molecule has 0 N–H and O–H groups in total. The van der Waals surface area contributed by atoms with Gasteiger partial charge in [-0.3, -0.25) is 9.88 Å². The number of benzene rings is 1. The monoisotopic (exact) mass is 338 g/mol. The Hall–Kier alpha value is -2.07. The lowest BCUT2D eigenvalue weighted by Gasteiger charge is -2.35. The standard InChI is InChI=1S/C21H26N2O2/c1-15-4-3-5-17(22-15)13-23-18-7-6-16(12-18)21(23)14-25-20-10-8-19(24-2)9-11-20/h3-5,8-11,16,18,21H,6-7,12-14H2,1-2H3/t16?,18?,21-/m1/s1. The summed E-state index contributed by atoms with van der Waals surface area (Å²) in [5, 5.41) is 0. The maximum Gasteiger partial charge on any atom is 0.119 e. The first-order chi connectivity index (χ1) is 12.2. The topological polar surface area (TPSA) is 34.6 Å². The Morgan fingerprint density at radius 2 is 1.88 bits per heavy atom. The highest BCUT2D eigenvalue weighted by molar-refractivity contribution is 5.31.